The molecule has 0 aromatic heterocycles. The molecule has 4 atom stereocenters. The van der Waals surface area contributed by atoms with Gasteiger partial charge in [0.2, 0.25) is 0 Å². The molecule has 0 spiro atoms. The van der Waals surface area contributed by atoms with E-state index in [1.165, 1.54) is 44.9 Å². The average Bonchev–Trinajstić information content (AvgIpc) is 2.42. The van der Waals surface area contributed by atoms with Gasteiger partial charge < -0.3 is 5.32 Å². The Balaban J connectivity index is 2.18. The molecule has 19 heavy (non-hydrogen) atoms. The summed E-state index contributed by atoms with van der Waals surface area (Å²) in [4.78, 5) is 0. The monoisotopic (exact) mass is 287 g/mol. The molecule has 3 heteroatoms. The number of hydrogen-bond acceptors (Lipinski definition) is 2. The summed E-state index contributed by atoms with van der Waals surface area (Å²) in [6.45, 7) is 7.87. The summed E-state index contributed by atoms with van der Waals surface area (Å²) in [5.74, 6) is 1.71. The zero-order chi connectivity index (χ0) is 14.1. The molecule has 0 aliphatic heterocycles. The molecular formula is C16H33NOS. The van der Waals surface area contributed by atoms with Gasteiger partial charge >= 0.3 is 0 Å². The quantitative estimate of drug-likeness (QED) is 0.697. The molecular weight excluding hydrogens is 254 g/mol. The zero-order valence-corrected chi connectivity index (χ0v) is 13.9. The maximum absolute atomic E-state index is 12.3. The van der Waals surface area contributed by atoms with Gasteiger partial charge in [-0.05, 0) is 51.0 Å². The Morgan fingerprint density at radius 3 is 2.74 bits per heavy atom. The largest absolute Gasteiger partial charge is 0.314 e. The van der Waals surface area contributed by atoms with Crippen LogP contribution in [-0.4, -0.2) is 27.8 Å². The Morgan fingerprint density at radius 1 is 1.32 bits per heavy atom. The molecule has 1 N–H and O–H groups in total. The number of rotatable bonds is 9. The molecule has 4 unspecified atom stereocenters. The molecule has 1 aliphatic carbocycles. The molecule has 1 fully saturated rings. The summed E-state index contributed by atoms with van der Waals surface area (Å²) in [6, 6.07) is 0.627. The van der Waals surface area contributed by atoms with Gasteiger partial charge in [0.1, 0.15) is 0 Å². The van der Waals surface area contributed by atoms with Crippen molar-refractivity contribution in [3.63, 3.8) is 0 Å². The zero-order valence-electron chi connectivity index (χ0n) is 13.1. The lowest BCUT2D eigenvalue weighted by atomic mass is 9.91. The smallest absolute Gasteiger partial charge is 0.0350 e. The van der Waals surface area contributed by atoms with E-state index in [0.717, 1.165) is 24.6 Å². The summed E-state index contributed by atoms with van der Waals surface area (Å²) in [6.07, 6.45) is 9.70. The van der Waals surface area contributed by atoms with Gasteiger partial charge in [-0.3, -0.25) is 4.21 Å². The summed E-state index contributed by atoms with van der Waals surface area (Å²) in [5.41, 5.74) is 0. The normalized spacial score (nSPS) is 27.1. The first-order valence-corrected chi connectivity index (χ1v) is 9.66. The van der Waals surface area contributed by atoms with Crippen molar-refractivity contribution in [2.24, 2.45) is 5.92 Å². The Bertz CT molecular complexity index is 257. The first-order valence-electron chi connectivity index (χ1n) is 8.27. The van der Waals surface area contributed by atoms with E-state index in [1.54, 1.807) is 0 Å². The predicted molar refractivity (Wildman–Crippen MR) is 86.0 cm³/mol. The molecule has 0 radical (unpaired) electrons. The van der Waals surface area contributed by atoms with Crippen molar-refractivity contribution in [1.82, 2.24) is 5.32 Å². The number of hydrogen-bond donors (Lipinski definition) is 1. The van der Waals surface area contributed by atoms with Crippen molar-refractivity contribution in [1.29, 1.82) is 0 Å². The van der Waals surface area contributed by atoms with Crippen molar-refractivity contribution in [2.75, 3.05) is 12.3 Å². The van der Waals surface area contributed by atoms with Crippen LogP contribution in [0.25, 0.3) is 0 Å². The highest BCUT2D eigenvalue weighted by Crippen LogP contribution is 2.27. The Hall–Kier alpha value is 0.110. The van der Waals surface area contributed by atoms with Crippen LogP contribution in [0.1, 0.15) is 72.1 Å². The molecule has 1 saturated carbocycles. The van der Waals surface area contributed by atoms with E-state index in [9.17, 15) is 4.21 Å². The van der Waals surface area contributed by atoms with E-state index in [-0.39, 0.29) is 0 Å². The van der Waals surface area contributed by atoms with Crippen LogP contribution in [0, 0.1) is 5.92 Å². The minimum Gasteiger partial charge on any atom is -0.314 e. The Morgan fingerprint density at radius 2 is 2.11 bits per heavy atom. The van der Waals surface area contributed by atoms with Crippen molar-refractivity contribution >= 4 is 10.8 Å². The molecule has 0 saturated heterocycles. The van der Waals surface area contributed by atoms with Crippen molar-refractivity contribution in [3.8, 4) is 0 Å². The van der Waals surface area contributed by atoms with Gasteiger partial charge in [-0.1, -0.05) is 33.6 Å². The molecule has 0 bridgehead atoms. The molecule has 0 amide bonds. The van der Waals surface area contributed by atoms with Gasteiger partial charge in [-0.2, -0.15) is 0 Å². The summed E-state index contributed by atoms with van der Waals surface area (Å²) >= 11 is 0. The molecule has 114 valence electrons. The highest BCUT2D eigenvalue weighted by molar-refractivity contribution is 7.85. The Labute approximate surface area is 122 Å². The van der Waals surface area contributed by atoms with E-state index in [4.69, 9.17) is 0 Å². The standard InChI is InChI=1S/C16H33NOS/c1-4-11-17-15(5-2)9-7-12-19(18)16-10-6-8-14(3)13-16/h14-17H,4-13H2,1-3H3. The van der Waals surface area contributed by atoms with Gasteiger partial charge in [-0.25, -0.2) is 0 Å². The predicted octanol–water partition coefficient (Wildman–Crippen LogP) is 3.87. The third-order valence-electron chi connectivity index (χ3n) is 4.33. The van der Waals surface area contributed by atoms with E-state index in [1.807, 2.05) is 0 Å². The molecule has 1 rings (SSSR count). The fourth-order valence-corrected chi connectivity index (χ4v) is 4.81. The third-order valence-corrected chi connectivity index (χ3v) is 6.20. The second-order valence-corrected chi connectivity index (χ2v) is 8.02. The lowest BCUT2D eigenvalue weighted by molar-refractivity contribution is 0.388. The topological polar surface area (TPSA) is 29.1 Å². The van der Waals surface area contributed by atoms with Crippen LogP contribution in [0.3, 0.4) is 0 Å². The number of nitrogens with one attached hydrogen (secondary N) is 1. The van der Waals surface area contributed by atoms with E-state index in [0.29, 0.717) is 11.3 Å². The molecule has 0 heterocycles. The van der Waals surface area contributed by atoms with E-state index >= 15 is 0 Å². The van der Waals surface area contributed by atoms with Gasteiger partial charge in [0.25, 0.3) is 0 Å². The fourth-order valence-electron chi connectivity index (χ4n) is 3.05. The highest BCUT2D eigenvalue weighted by atomic mass is 32.2. The van der Waals surface area contributed by atoms with Crippen LogP contribution in [-0.2, 0) is 10.8 Å². The second kappa shape index (κ2) is 9.93. The van der Waals surface area contributed by atoms with Crippen molar-refractivity contribution in [3.05, 3.63) is 0 Å². The van der Waals surface area contributed by atoms with Gasteiger partial charge in [0.05, 0.1) is 0 Å². The third kappa shape index (κ3) is 6.89. The van der Waals surface area contributed by atoms with Crippen LogP contribution in [0.2, 0.25) is 0 Å². The van der Waals surface area contributed by atoms with E-state index in [2.05, 4.69) is 26.1 Å². The SMILES string of the molecule is CCCNC(CC)CCCS(=O)C1CCCC(C)C1. The molecule has 2 nitrogen and oxygen atoms in total. The molecule has 0 aromatic carbocycles. The lowest BCUT2D eigenvalue weighted by Gasteiger charge is -2.26. The summed E-state index contributed by atoms with van der Waals surface area (Å²) < 4.78 is 12.3. The average molecular weight is 288 g/mol. The van der Waals surface area contributed by atoms with Gasteiger partial charge in [-0.15, -0.1) is 0 Å². The molecule has 1 aliphatic rings. The van der Waals surface area contributed by atoms with E-state index < -0.39 is 10.8 Å². The maximum atomic E-state index is 12.3. The second-order valence-electron chi connectivity index (χ2n) is 6.18. The molecule has 0 aromatic rings. The van der Waals surface area contributed by atoms with Crippen LogP contribution in [0.4, 0.5) is 0 Å². The van der Waals surface area contributed by atoms with Crippen molar-refractivity contribution < 1.29 is 4.21 Å². The first-order chi connectivity index (χ1) is 9.17. The summed E-state index contributed by atoms with van der Waals surface area (Å²) in [5, 5.41) is 4.07. The lowest BCUT2D eigenvalue weighted by Crippen LogP contribution is -2.30. The minimum absolute atomic E-state index is 0.493. The maximum Gasteiger partial charge on any atom is 0.0350 e. The Kier molecular flexibility index (Phi) is 8.97. The highest BCUT2D eigenvalue weighted by Gasteiger charge is 2.23. The fraction of sp³-hybridized carbons (Fsp3) is 1.00. The minimum atomic E-state index is -0.579. The van der Waals surface area contributed by atoms with Crippen LogP contribution in [0.15, 0.2) is 0 Å². The first kappa shape index (κ1) is 17.2. The summed E-state index contributed by atoms with van der Waals surface area (Å²) in [7, 11) is -0.579. The van der Waals surface area contributed by atoms with Crippen molar-refractivity contribution in [2.45, 2.75) is 83.4 Å². The van der Waals surface area contributed by atoms with Crippen LogP contribution >= 0.6 is 0 Å². The van der Waals surface area contributed by atoms with Gasteiger partial charge in [0.15, 0.2) is 0 Å². The van der Waals surface area contributed by atoms with Gasteiger partial charge in [0, 0.05) is 27.8 Å². The van der Waals surface area contributed by atoms with Crippen LogP contribution < -0.4 is 5.32 Å². The van der Waals surface area contributed by atoms with Crippen LogP contribution in [0.5, 0.6) is 0 Å².